The standard InChI is InChI=1S/C93H126N24O19S/c1-9-10-32-73-86(129)106-64(31-21-34-99-93(96)97)82(125)112-72(81(124)102-45-77(95)120)50-137-51-79(122)105-68(37-55-23-13-11-14-24-55)89(132)114(6)54(4)80(123)108-70(41-76(94)119)91(134)117-35-22-33-74(117)87(130)107-66(40-59-44-98-52-103-59)84(127)109-67(36-53(2)3)88(131)113(5)46-78(121)104-65(38-57-42-100-62-29-19-17-27-60(57)62)83(126)111-71(47-118)85(128)110-69(39-58-43-101-63-30-20-18-28-61(58)63)90(133)116(8)75(92(135)115(73)7)49-136-48-56-25-15-12-16-26-56/h11-20,23-30,42-44,52-54,64-75,100-101,118H,9-10,21-22,31-41,45-51H2,1-8H3,(H2,94,119)(H2,95,120)(H,98,103)(H,102,124)(H,104,121)(H,105,122)(H,106,129)(H,107,130)(H,108,123)(H,109,127)(H,110,128)(H,111,126)(H,112,125)(H4,96,97,99)/t54-,64-,65-,66-,67-,68-,69-,70-,71-,72-,73-,74-,75-/m0/s1. The number of para-hydroxylation sites is 2. The Morgan fingerprint density at radius 3 is 1.70 bits per heavy atom. The van der Waals surface area contributed by atoms with Crippen LogP contribution < -0.4 is 75.7 Å². The number of carbonyl (C=O) groups is 17. The largest absolute Gasteiger partial charge is 0.394 e. The molecule has 0 spiro atoms. The third kappa shape index (κ3) is 31.1. The van der Waals surface area contributed by atoms with Crippen molar-refractivity contribution in [1.82, 2.24) is 103 Å². The molecule has 2 saturated heterocycles. The van der Waals surface area contributed by atoms with Gasteiger partial charge in [0.25, 0.3) is 0 Å². The van der Waals surface area contributed by atoms with E-state index in [2.05, 4.69) is 78.4 Å². The van der Waals surface area contributed by atoms with Gasteiger partial charge in [0, 0.05) is 119 Å². The number of aromatic nitrogens is 4. The summed E-state index contributed by atoms with van der Waals surface area (Å²) in [5.74, 6) is -17.7. The zero-order valence-electron chi connectivity index (χ0n) is 78.0. The Morgan fingerprint density at radius 1 is 0.547 bits per heavy atom. The number of nitrogens with one attached hydrogen (secondary N) is 15. The summed E-state index contributed by atoms with van der Waals surface area (Å²) in [5, 5.41) is 49.4. The lowest BCUT2D eigenvalue weighted by Gasteiger charge is -2.36. The van der Waals surface area contributed by atoms with Gasteiger partial charge in [-0.1, -0.05) is 131 Å². The van der Waals surface area contributed by atoms with E-state index < -0.39 is 229 Å². The number of primary amides is 2. The third-order valence-electron chi connectivity index (χ3n) is 23.7. The van der Waals surface area contributed by atoms with Crippen LogP contribution in [0.5, 0.6) is 0 Å². The van der Waals surface area contributed by atoms with Crippen molar-refractivity contribution in [2.45, 2.75) is 196 Å². The molecule has 5 heterocycles. The predicted octanol–water partition coefficient (Wildman–Crippen LogP) is -2.11. The van der Waals surface area contributed by atoms with Gasteiger partial charge in [-0.3, -0.25) is 86.9 Å². The molecule has 22 N–H and O–H groups in total. The molecular formula is C93H126N24O19S. The van der Waals surface area contributed by atoms with E-state index in [4.69, 9.17) is 27.3 Å². The first kappa shape index (κ1) is 106. The van der Waals surface area contributed by atoms with Gasteiger partial charge >= 0.3 is 0 Å². The van der Waals surface area contributed by atoms with Gasteiger partial charge in [0.2, 0.25) is 100 Å². The van der Waals surface area contributed by atoms with Gasteiger partial charge in [0.15, 0.2) is 5.96 Å². The summed E-state index contributed by atoms with van der Waals surface area (Å²) in [5.41, 5.74) is 20.6. The van der Waals surface area contributed by atoms with E-state index in [0.717, 1.165) is 36.3 Å². The number of aliphatic hydroxyl groups is 1. The molecule has 43 nitrogen and oxygen atoms in total. The van der Waals surface area contributed by atoms with Gasteiger partial charge in [-0.15, -0.1) is 11.8 Å². The number of guanidine groups is 1. The molecule has 0 aliphatic carbocycles. The minimum Gasteiger partial charge on any atom is -0.394 e. The molecule has 2 fully saturated rings. The average Bonchev–Trinajstić information content (AvgIpc) is 1.55. The van der Waals surface area contributed by atoms with Crippen LogP contribution in [0.3, 0.4) is 0 Å². The van der Waals surface area contributed by atoms with Crippen molar-refractivity contribution in [2.75, 3.05) is 79.1 Å². The maximum Gasteiger partial charge on any atom is 0.248 e. The highest BCUT2D eigenvalue weighted by Crippen LogP contribution is 2.26. The number of fused-ring (bicyclic) bond motifs is 3. The smallest absolute Gasteiger partial charge is 0.248 e. The summed E-state index contributed by atoms with van der Waals surface area (Å²) in [6.45, 7) is 3.30. The van der Waals surface area contributed by atoms with Crippen LogP contribution >= 0.6 is 11.8 Å². The van der Waals surface area contributed by atoms with Crippen molar-refractivity contribution in [3.63, 3.8) is 0 Å². The zero-order chi connectivity index (χ0) is 99.7. The molecule has 4 aromatic carbocycles. The number of likely N-dealkylation sites (N-methyl/N-ethyl adjacent to an activating group) is 4. The molecule has 0 unspecified atom stereocenters. The molecule has 13 atom stereocenters. The van der Waals surface area contributed by atoms with Crippen LogP contribution in [-0.4, -0.2) is 314 Å². The SMILES string of the molecule is CCCC[C@H]1C(=O)N[C@@H](CCCNC(=N)N)C(=O)N[C@H](C(=O)NCC(N)=O)CSCC(=O)N[C@@H](Cc2ccccc2)C(=O)N(C)[C@@H](C)C(=O)N[C@@H](CC(N)=O)C(=O)N2CCC[C@H]2C(=O)N[C@@H](Cc2cnc[nH]2)C(=O)N[C@@H](CC(C)C)C(=O)N(C)CC(=O)N[C@@H](Cc2c[nH]c3ccccc23)C(=O)N[C@@H](CO)C(=O)N[C@@H](Cc2c[nH]c3ccccc23)C(=O)N(C)[C@@H](COCc2ccccc2)C(=O)N1C. The van der Waals surface area contributed by atoms with E-state index in [-0.39, 0.29) is 89.8 Å². The molecular weight excluding hydrogens is 1790 g/mol. The molecule has 738 valence electrons. The molecule has 0 bridgehead atoms. The maximum atomic E-state index is 15.9. The van der Waals surface area contributed by atoms with Crippen molar-refractivity contribution in [3.05, 3.63) is 162 Å². The topological polar surface area (TPSA) is 630 Å². The normalized spacial score (nSPS) is 23.1. The molecule has 137 heavy (non-hydrogen) atoms. The number of nitrogens with two attached hydrogens (primary N) is 3. The van der Waals surface area contributed by atoms with Crippen molar-refractivity contribution >= 4 is 140 Å². The Hall–Kier alpha value is -14.3. The van der Waals surface area contributed by atoms with Crippen molar-refractivity contribution in [1.29, 1.82) is 5.41 Å². The number of aromatic amines is 3. The number of thioether (sulfide) groups is 1. The van der Waals surface area contributed by atoms with Gasteiger partial charge in [-0.2, -0.15) is 0 Å². The first-order valence-electron chi connectivity index (χ1n) is 45.3. The Morgan fingerprint density at radius 2 is 1.09 bits per heavy atom. The maximum absolute atomic E-state index is 15.9. The van der Waals surface area contributed by atoms with E-state index >= 15 is 28.8 Å². The average molecular weight is 1920 g/mol. The molecule has 0 saturated carbocycles. The molecule has 9 rings (SSSR count). The Kier molecular flexibility index (Phi) is 40.4. The number of ether oxygens (including phenoxy) is 1. The van der Waals surface area contributed by atoms with E-state index in [1.165, 1.54) is 47.6 Å². The summed E-state index contributed by atoms with van der Waals surface area (Å²) in [6, 6.07) is 11.0. The lowest BCUT2D eigenvalue weighted by molar-refractivity contribution is -0.151. The molecule has 0 radical (unpaired) electrons. The summed E-state index contributed by atoms with van der Waals surface area (Å²) in [7, 11) is 5.12. The van der Waals surface area contributed by atoms with Crippen LogP contribution in [0.15, 0.2) is 134 Å². The Bertz CT molecular complexity index is 5390. The number of imidazole rings is 1. The fourth-order valence-corrected chi connectivity index (χ4v) is 17.0. The number of H-pyrrole nitrogens is 3. The fourth-order valence-electron chi connectivity index (χ4n) is 16.1. The van der Waals surface area contributed by atoms with E-state index in [1.54, 1.807) is 135 Å². The minimum atomic E-state index is -1.89. The highest BCUT2D eigenvalue weighted by atomic mass is 32.2. The number of nitrogens with zero attached hydrogens (tertiary/aromatic N) is 6. The van der Waals surface area contributed by atoms with E-state index in [1.807, 2.05) is 6.92 Å². The lowest BCUT2D eigenvalue weighted by atomic mass is 10.0. The van der Waals surface area contributed by atoms with Crippen molar-refractivity contribution < 1.29 is 91.4 Å². The molecule has 17 amide bonds. The summed E-state index contributed by atoms with van der Waals surface area (Å²) < 4.78 is 6.28. The van der Waals surface area contributed by atoms with Crippen molar-refractivity contribution in [3.8, 4) is 0 Å². The Balaban J connectivity index is 1.10. The second kappa shape index (κ2) is 52.0. The summed E-state index contributed by atoms with van der Waals surface area (Å²) in [4.78, 5) is 268. The zero-order valence-corrected chi connectivity index (χ0v) is 78.8. The molecule has 44 heteroatoms. The second-order valence-electron chi connectivity index (χ2n) is 34.5. The van der Waals surface area contributed by atoms with Crippen LogP contribution in [0.1, 0.15) is 113 Å². The number of aliphatic hydroxyl groups excluding tert-OH is 1. The van der Waals surface area contributed by atoms with Crippen LogP contribution in [0.25, 0.3) is 21.8 Å². The second-order valence-corrected chi connectivity index (χ2v) is 35.5. The van der Waals surface area contributed by atoms with Gasteiger partial charge < -0.3 is 125 Å². The Labute approximate surface area is 796 Å². The number of rotatable bonds is 27. The summed E-state index contributed by atoms with van der Waals surface area (Å²) >= 11 is 0.784. The van der Waals surface area contributed by atoms with Gasteiger partial charge in [0.05, 0.1) is 51.4 Å². The first-order chi connectivity index (χ1) is 65.4. The quantitative estimate of drug-likeness (QED) is 0.0149. The predicted molar refractivity (Wildman–Crippen MR) is 506 cm³/mol. The molecule has 7 aromatic rings. The van der Waals surface area contributed by atoms with Crippen LogP contribution in [-0.2, 0) is 119 Å². The fraction of sp³-hybridized carbons (Fsp3) is 0.473. The molecule has 2 aliphatic rings. The number of hydrogen-bond donors (Lipinski definition) is 19. The lowest BCUT2D eigenvalue weighted by Crippen LogP contribution is -2.62. The van der Waals surface area contributed by atoms with Crippen LogP contribution in [0.4, 0.5) is 0 Å². The number of amides is 17. The number of unbranched alkanes of at least 4 members (excludes halogenated alkanes) is 1. The highest BCUT2D eigenvalue weighted by Gasteiger charge is 2.44. The molecule has 2 aliphatic heterocycles. The summed E-state index contributed by atoms with van der Waals surface area (Å²) in [6.07, 6.45) is 4.80. The highest BCUT2D eigenvalue weighted by molar-refractivity contribution is 8.00. The van der Waals surface area contributed by atoms with Crippen LogP contribution in [0.2, 0.25) is 0 Å². The number of benzene rings is 4. The van der Waals surface area contributed by atoms with E-state index in [0.29, 0.717) is 62.6 Å². The number of carbonyl (C=O) groups excluding carboxylic acids is 17. The van der Waals surface area contributed by atoms with Gasteiger partial charge in [-0.25, -0.2) is 4.98 Å². The van der Waals surface area contributed by atoms with Gasteiger partial charge in [0.1, 0.15) is 78.5 Å². The van der Waals surface area contributed by atoms with E-state index in [9.17, 15) is 57.8 Å². The first-order valence-corrected chi connectivity index (χ1v) is 46.5. The monoisotopic (exact) mass is 1910 g/mol. The third-order valence-corrected chi connectivity index (χ3v) is 24.7. The van der Waals surface area contributed by atoms with Crippen LogP contribution in [0, 0.1) is 11.3 Å². The molecule has 3 aromatic heterocycles. The van der Waals surface area contributed by atoms with Gasteiger partial charge in [-0.05, 0) is 85.8 Å². The van der Waals surface area contributed by atoms with Crippen molar-refractivity contribution in [2.24, 2.45) is 23.1 Å². The minimum absolute atomic E-state index is 0.00885. The number of hydrogen-bond acceptors (Lipinski definition) is 22.